The summed E-state index contributed by atoms with van der Waals surface area (Å²) < 4.78 is 0. The van der Waals surface area contributed by atoms with E-state index in [1.165, 1.54) is 12.0 Å². The SMILES string of the molecule is CC1(C(=O)N2CCC(c3ccccc3)CC2)CCCCN1.Cl. The van der Waals surface area contributed by atoms with Gasteiger partial charge in [0.05, 0.1) is 5.54 Å². The Morgan fingerprint density at radius 2 is 1.86 bits per heavy atom. The Kier molecular flexibility index (Phi) is 5.87. The van der Waals surface area contributed by atoms with Gasteiger partial charge in [-0.2, -0.15) is 0 Å². The summed E-state index contributed by atoms with van der Waals surface area (Å²) in [6.07, 6.45) is 5.51. The van der Waals surface area contributed by atoms with Gasteiger partial charge in [0.15, 0.2) is 0 Å². The first-order chi connectivity index (χ1) is 10.2. The van der Waals surface area contributed by atoms with E-state index in [2.05, 4.69) is 47.5 Å². The molecule has 3 rings (SSSR count). The van der Waals surface area contributed by atoms with Crippen molar-refractivity contribution >= 4 is 18.3 Å². The van der Waals surface area contributed by atoms with E-state index in [1.807, 2.05) is 0 Å². The molecule has 2 heterocycles. The molecule has 0 saturated carbocycles. The molecule has 0 aromatic heterocycles. The number of likely N-dealkylation sites (tertiary alicyclic amines) is 1. The molecule has 1 amide bonds. The average Bonchev–Trinajstić information content (AvgIpc) is 2.56. The van der Waals surface area contributed by atoms with E-state index in [0.717, 1.165) is 45.3 Å². The minimum atomic E-state index is -0.322. The van der Waals surface area contributed by atoms with Gasteiger partial charge in [-0.25, -0.2) is 0 Å². The highest BCUT2D eigenvalue weighted by molar-refractivity contribution is 5.86. The summed E-state index contributed by atoms with van der Waals surface area (Å²) in [5.41, 5.74) is 1.10. The van der Waals surface area contributed by atoms with Gasteiger partial charge in [-0.1, -0.05) is 30.3 Å². The predicted molar refractivity (Wildman–Crippen MR) is 92.5 cm³/mol. The smallest absolute Gasteiger partial charge is 0.242 e. The van der Waals surface area contributed by atoms with Gasteiger partial charge < -0.3 is 10.2 Å². The number of nitrogens with zero attached hydrogens (tertiary/aromatic N) is 1. The number of carbonyl (C=O) groups is 1. The van der Waals surface area contributed by atoms with Crippen LogP contribution in [0.25, 0.3) is 0 Å². The molecular weight excluding hydrogens is 296 g/mol. The largest absolute Gasteiger partial charge is 0.341 e. The van der Waals surface area contributed by atoms with Gasteiger partial charge in [0.2, 0.25) is 5.91 Å². The van der Waals surface area contributed by atoms with Gasteiger partial charge in [-0.3, -0.25) is 4.79 Å². The lowest BCUT2D eigenvalue weighted by molar-refractivity contribution is -0.139. The third-order valence-electron chi connectivity index (χ3n) is 5.14. The lowest BCUT2D eigenvalue weighted by Gasteiger charge is -2.40. The summed E-state index contributed by atoms with van der Waals surface area (Å²) in [4.78, 5) is 14.9. The van der Waals surface area contributed by atoms with Gasteiger partial charge >= 0.3 is 0 Å². The van der Waals surface area contributed by atoms with Gasteiger partial charge in [-0.05, 0) is 57.1 Å². The number of carbonyl (C=O) groups excluding carboxylic acids is 1. The first kappa shape index (κ1) is 17.3. The van der Waals surface area contributed by atoms with E-state index in [0.29, 0.717) is 11.8 Å². The molecule has 22 heavy (non-hydrogen) atoms. The monoisotopic (exact) mass is 322 g/mol. The van der Waals surface area contributed by atoms with Crippen LogP contribution in [0.15, 0.2) is 30.3 Å². The maximum Gasteiger partial charge on any atom is 0.242 e. The van der Waals surface area contributed by atoms with Crippen LogP contribution in [0.2, 0.25) is 0 Å². The second-order valence-electron chi connectivity index (χ2n) is 6.69. The van der Waals surface area contributed by atoms with Gasteiger partial charge in [0.25, 0.3) is 0 Å². The number of benzene rings is 1. The van der Waals surface area contributed by atoms with Crippen LogP contribution in [0.3, 0.4) is 0 Å². The van der Waals surface area contributed by atoms with Crippen molar-refractivity contribution in [2.24, 2.45) is 0 Å². The molecule has 1 aromatic rings. The van der Waals surface area contributed by atoms with E-state index in [-0.39, 0.29) is 17.9 Å². The fourth-order valence-corrected chi connectivity index (χ4v) is 3.73. The van der Waals surface area contributed by atoms with Crippen LogP contribution in [0.1, 0.15) is 50.5 Å². The minimum Gasteiger partial charge on any atom is -0.341 e. The lowest BCUT2D eigenvalue weighted by atomic mass is 9.86. The number of hydrogen-bond donors (Lipinski definition) is 1. The molecule has 2 aliphatic rings. The van der Waals surface area contributed by atoms with Gasteiger partial charge in [0.1, 0.15) is 0 Å². The zero-order chi connectivity index (χ0) is 14.7. The molecule has 2 fully saturated rings. The summed E-state index contributed by atoms with van der Waals surface area (Å²) in [5, 5.41) is 3.44. The quantitative estimate of drug-likeness (QED) is 0.905. The van der Waals surface area contributed by atoms with E-state index in [4.69, 9.17) is 0 Å². The highest BCUT2D eigenvalue weighted by Gasteiger charge is 2.38. The fraction of sp³-hybridized carbons (Fsp3) is 0.611. The number of piperidine rings is 2. The van der Waals surface area contributed by atoms with Crippen molar-refractivity contribution in [3.8, 4) is 0 Å². The van der Waals surface area contributed by atoms with Crippen LogP contribution in [0.4, 0.5) is 0 Å². The molecule has 2 aliphatic heterocycles. The average molecular weight is 323 g/mol. The molecule has 4 heteroatoms. The van der Waals surface area contributed by atoms with E-state index in [1.54, 1.807) is 0 Å². The first-order valence-corrected chi connectivity index (χ1v) is 8.28. The standard InChI is InChI=1S/C18H26N2O.ClH/c1-18(11-5-6-12-19-18)17(21)20-13-9-16(10-14-20)15-7-3-2-4-8-15;/h2-4,7-8,16,19H,5-6,9-14H2,1H3;1H. The molecule has 0 bridgehead atoms. The maximum atomic E-state index is 12.8. The van der Waals surface area contributed by atoms with Gasteiger partial charge in [0, 0.05) is 13.1 Å². The predicted octanol–water partition coefficient (Wildman–Crippen LogP) is 3.35. The first-order valence-electron chi connectivity index (χ1n) is 8.28. The molecule has 1 atom stereocenters. The van der Waals surface area contributed by atoms with Crippen molar-refractivity contribution in [3.05, 3.63) is 35.9 Å². The highest BCUT2D eigenvalue weighted by atomic mass is 35.5. The molecule has 122 valence electrons. The highest BCUT2D eigenvalue weighted by Crippen LogP contribution is 2.30. The Morgan fingerprint density at radius 3 is 2.45 bits per heavy atom. The molecule has 1 unspecified atom stereocenters. The van der Waals surface area contributed by atoms with Crippen molar-refractivity contribution in [2.45, 2.75) is 50.5 Å². The summed E-state index contributed by atoms with van der Waals surface area (Å²) in [5.74, 6) is 0.927. The summed E-state index contributed by atoms with van der Waals surface area (Å²) in [6, 6.07) is 10.7. The van der Waals surface area contributed by atoms with Crippen LogP contribution in [-0.4, -0.2) is 36.0 Å². The van der Waals surface area contributed by atoms with Crippen molar-refractivity contribution in [1.82, 2.24) is 10.2 Å². The Labute approximate surface area is 139 Å². The van der Waals surface area contributed by atoms with E-state index in [9.17, 15) is 4.79 Å². The van der Waals surface area contributed by atoms with Crippen molar-refractivity contribution in [2.75, 3.05) is 19.6 Å². The molecule has 0 spiro atoms. The van der Waals surface area contributed by atoms with Crippen molar-refractivity contribution < 1.29 is 4.79 Å². The number of nitrogens with one attached hydrogen (secondary N) is 1. The van der Waals surface area contributed by atoms with Crippen molar-refractivity contribution in [3.63, 3.8) is 0 Å². The summed E-state index contributed by atoms with van der Waals surface area (Å²) in [6.45, 7) is 4.85. The molecule has 1 N–H and O–H groups in total. The third-order valence-corrected chi connectivity index (χ3v) is 5.14. The molecule has 2 saturated heterocycles. The van der Waals surface area contributed by atoms with Crippen LogP contribution in [0, 0.1) is 0 Å². The normalized spacial score (nSPS) is 26.3. The third kappa shape index (κ3) is 3.64. The number of rotatable bonds is 2. The zero-order valence-electron chi connectivity index (χ0n) is 13.4. The number of hydrogen-bond acceptors (Lipinski definition) is 2. The summed E-state index contributed by atoms with van der Waals surface area (Å²) >= 11 is 0. The van der Waals surface area contributed by atoms with Crippen LogP contribution >= 0.6 is 12.4 Å². The Morgan fingerprint density at radius 1 is 1.18 bits per heavy atom. The molecular formula is C18H27ClN2O. The summed E-state index contributed by atoms with van der Waals surface area (Å²) in [7, 11) is 0. The Balaban J connectivity index is 0.00000176. The Bertz CT molecular complexity index is 477. The number of amides is 1. The topological polar surface area (TPSA) is 32.3 Å². The second-order valence-corrected chi connectivity index (χ2v) is 6.69. The van der Waals surface area contributed by atoms with Gasteiger partial charge in [-0.15, -0.1) is 12.4 Å². The van der Waals surface area contributed by atoms with E-state index >= 15 is 0 Å². The lowest BCUT2D eigenvalue weighted by Crippen LogP contribution is -2.59. The molecule has 0 radical (unpaired) electrons. The van der Waals surface area contributed by atoms with Crippen molar-refractivity contribution in [1.29, 1.82) is 0 Å². The van der Waals surface area contributed by atoms with Crippen LogP contribution in [0.5, 0.6) is 0 Å². The number of halogens is 1. The Hall–Kier alpha value is -1.06. The fourth-order valence-electron chi connectivity index (χ4n) is 3.73. The van der Waals surface area contributed by atoms with Crippen LogP contribution in [-0.2, 0) is 4.79 Å². The molecule has 3 nitrogen and oxygen atoms in total. The minimum absolute atomic E-state index is 0. The maximum absolute atomic E-state index is 12.8. The zero-order valence-corrected chi connectivity index (χ0v) is 14.2. The van der Waals surface area contributed by atoms with Crippen LogP contribution < -0.4 is 5.32 Å². The second kappa shape index (κ2) is 7.47. The molecule has 0 aliphatic carbocycles. The molecule has 1 aromatic carbocycles. The van der Waals surface area contributed by atoms with E-state index < -0.39 is 0 Å².